The first-order chi connectivity index (χ1) is 12.0. The van der Waals surface area contributed by atoms with Gasteiger partial charge in [0.25, 0.3) is 0 Å². The van der Waals surface area contributed by atoms with Gasteiger partial charge in [0.15, 0.2) is 0 Å². The highest BCUT2D eigenvalue weighted by molar-refractivity contribution is 5.70. The zero-order valence-electron chi connectivity index (χ0n) is 15.4. The Balaban J connectivity index is 0. The van der Waals surface area contributed by atoms with Gasteiger partial charge in [-0.25, -0.2) is 9.18 Å². The lowest BCUT2D eigenvalue weighted by atomic mass is 10.2. The molecule has 0 unspecified atom stereocenters. The molecule has 146 valence electrons. The lowest BCUT2D eigenvalue weighted by molar-refractivity contribution is 0.155. The number of allylic oxidation sites excluding steroid dienone is 3. The second-order valence-electron chi connectivity index (χ2n) is 4.73. The maximum Gasteiger partial charge on any atom is 0.411 e. The summed E-state index contributed by atoms with van der Waals surface area (Å²) in [7, 11) is 0. The maximum absolute atomic E-state index is 12.8. The topological polar surface area (TPSA) is 76.4 Å². The van der Waals surface area contributed by atoms with Gasteiger partial charge >= 0.3 is 6.09 Å². The van der Waals surface area contributed by atoms with E-state index in [9.17, 15) is 9.18 Å². The van der Waals surface area contributed by atoms with E-state index in [0.717, 1.165) is 11.3 Å². The summed E-state index contributed by atoms with van der Waals surface area (Å²) in [4.78, 5) is 11.4. The molecule has 0 aliphatic rings. The highest BCUT2D eigenvalue weighted by atomic mass is 19.1. The summed E-state index contributed by atoms with van der Waals surface area (Å²) in [6, 6.07) is 6.21. The summed E-state index contributed by atoms with van der Waals surface area (Å²) in [6.45, 7) is 12.0. The number of carbonyl (C=O) groups is 1. The normalized spacial score (nSPS) is 11.0. The molecule has 1 aromatic rings. The van der Waals surface area contributed by atoms with Crippen LogP contribution in [0.25, 0.3) is 0 Å². The van der Waals surface area contributed by atoms with Crippen molar-refractivity contribution in [1.29, 1.82) is 0 Å². The number of ether oxygens (including phenoxy) is 1. The van der Waals surface area contributed by atoms with Gasteiger partial charge in [-0.1, -0.05) is 40.0 Å². The van der Waals surface area contributed by atoms with E-state index in [-0.39, 0.29) is 19.9 Å². The van der Waals surface area contributed by atoms with E-state index in [0.29, 0.717) is 17.9 Å². The Bertz CT molecular complexity index is 608. The number of carbonyl (C=O) groups excluding carboxylic acids is 1. The number of benzene rings is 1. The van der Waals surface area contributed by atoms with Crippen molar-refractivity contribution in [3.05, 3.63) is 71.5 Å². The molecule has 0 heterocycles. The molecule has 0 fully saturated rings. The van der Waals surface area contributed by atoms with Gasteiger partial charge in [0.2, 0.25) is 0 Å². The van der Waals surface area contributed by atoms with Gasteiger partial charge in [-0.05, 0) is 43.7 Å². The van der Waals surface area contributed by atoms with Gasteiger partial charge in [-0.3, -0.25) is 5.32 Å². The summed E-state index contributed by atoms with van der Waals surface area (Å²) in [5, 5.41) is 5.67. The summed E-state index contributed by atoms with van der Waals surface area (Å²) in [5.74, 6) is -0.270. The monoisotopic (exact) mass is 365 g/mol. The molecule has 4 N–H and O–H groups in total. The fourth-order valence-corrected chi connectivity index (χ4v) is 1.72. The minimum absolute atomic E-state index is 0. The Morgan fingerprint density at radius 1 is 1.31 bits per heavy atom. The summed E-state index contributed by atoms with van der Waals surface area (Å²) >= 11 is 0. The minimum atomic E-state index is -0.587. The third-order valence-electron chi connectivity index (χ3n) is 2.88. The molecule has 0 atom stereocenters. The zero-order valence-corrected chi connectivity index (χ0v) is 15.4. The average molecular weight is 365 g/mol. The van der Waals surface area contributed by atoms with Gasteiger partial charge in [-0.2, -0.15) is 0 Å². The SMILES string of the molecule is C.C=C/C(NC(=O)OCC)=C(N)\C=C(/C)NCc1ccc(F)cc1.CC. The molecule has 6 heteroatoms. The first-order valence-electron chi connectivity index (χ1n) is 8.18. The fraction of sp³-hybridized carbons (Fsp3) is 0.350. The number of alkyl carbamates (subject to hydrolysis) is 1. The molecule has 0 bridgehead atoms. The zero-order chi connectivity index (χ0) is 19.2. The van der Waals surface area contributed by atoms with Crippen molar-refractivity contribution in [2.24, 2.45) is 5.73 Å². The Morgan fingerprint density at radius 3 is 2.38 bits per heavy atom. The van der Waals surface area contributed by atoms with E-state index in [1.54, 1.807) is 25.1 Å². The number of rotatable bonds is 7. The molecule has 0 spiro atoms. The third-order valence-corrected chi connectivity index (χ3v) is 2.88. The highest BCUT2D eigenvalue weighted by Gasteiger charge is 2.05. The predicted molar refractivity (Wildman–Crippen MR) is 107 cm³/mol. The number of nitrogens with two attached hydrogens (primary N) is 1. The van der Waals surface area contributed by atoms with Crippen LogP contribution in [0.1, 0.15) is 40.7 Å². The van der Waals surface area contributed by atoms with Gasteiger partial charge in [0, 0.05) is 12.2 Å². The van der Waals surface area contributed by atoms with Crippen molar-refractivity contribution < 1.29 is 13.9 Å². The van der Waals surface area contributed by atoms with Crippen LogP contribution in [0.5, 0.6) is 0 Å². The van der Waals surface area contributed by atoms with Crippen molar-refractivity contribution in [2.75, 3.05) is 6.61 Å². The maximum atomic E-state index is 12.8. The number of hydrogen-bond donors (Lipinski definition) is 3. The van der Waals surface area contributed by atoms with Crippen molar-refractivity contribution >= 4 is 6.09 Å². The summed E-state index contributed by atoms with van der Waals surface area (Å²) in [6.07, 6.45) is 2.53. The van der Waals surface area contributed by atoms with E-state index in [1.165, 1.54) is 18.2 Å². The van der Waals surface area contributed by atoms with Gasteiger partial charge in [0.1, 0.15) is 5.82 Å². The van der Waals surface area contributed by atoms with Gasteiger partial charge < -0.3 is 15.8 Å². The molecule has 0 radical (unpaired) electrons. The number of hydrogen-bond acceptors (Lipinski definition) is 4. The second-order valence-corrected chi connectivity index (χ2v) is 4.73. The molecule has 0 aromatic heterocycles. The summed E-state index contributed by atoms with van der Waals surface area (Å²) in [5.41, 5.74) is 8.38. The predicted octanol–water partition coefficient (Wildman–Crippen LogP) is 4.58. The van der Waals surface area contributed by atoms with Crippen molar-refractivity contribution in [1.82, 2.24) is 10.6 Å². The van der Waals surface area contributed by atoms with Crippen LogP contribution in [0.15, 0.2) is 60.1 Å². The van der Waals surface area contributed by atoms with Crippen LogP contribution in [0.4, 0.5) is 9.18 Å². The highest BCUT2D eigenvalue weighted by Crippen LogP contribution is 2.05. The molecule has 26 heavy (non-hydrogen) atoms. The number of halogens is 1. The second kappa shape index (κ2) is 14.6. The van der Waals surface area contributed by atoms with Crippen LogP contribution >= 0.6 is 0 Å². The Hall–Kier alpha value is -2.76. The molecule has 1 aromatic carbocycles. The first kappa shape index (κ1) is 25.5. The van der Waals surface area contributed by atoms with Gasteiger partial charge in [0.05, 0.1) is 18.0 Å². The number of amides is 1. The Labute approximate surface area is 156 Å². The van der Waals surface area contributed by atoms with E-state index in [4.69, 9.17) is 10.5 Å². The minimum Gasteiger partial charge on any atom is -0.450 e. The van der Waals surface area contributed by atoms with Crippen LogP contribution in [0, 0.1) is 5.82 Å². The average Bonchev–Trinajstić information content (AvgIpc) is 2.61. The summed E-state index contributed by atoms with van der Waals surface area (Å²) < 4.78 is 17.6. The van der Waals surface area contributed by atoms with E-state index >= 15 is 0 Å². The lowest BCUT2D eigenvalue weighted by Gasteiger charge is -2.10. The first-order valence-corrected chi connectivity index (χ1v) is 8.18. The van der Waals surface area contributed by atoms with E-state index in [2.05, 4.69) is 17.2 Å². The third kappa shape index (κ3) is 10.2. The molecular weight excluding hydrogens is 333 g/mol. The lowest BCUT2D eigenvalue weighted by Crippen LogP contribution is -2.25. The van der Waals surface area contributed by atoms with E-state index < -0.39 is 6.09 Å². The van der Waals surface area contributed by atoms with Gasteiger partial charge in [-0.15, -0.1) is 0 Å². The van der Waals surface area contributed by atoms with Crippen molar-refractivity contribution in [2.45, 2.75) is 41.7 Å². The molecule has 0 aliphatic heterocycles. The van der Waals surface area contributed by atoms with Crippen molar-refractivity contribution in [3.8, 4) is 0 Å². The molecule has 0 saturated heterocycles. The smallest absolute Gasteiger partial charge is 0.411 e. The fourth-order valence-electron chi connectivity index (χ4n) is 1.72. The molecule has 0 aliphatic carbocycles. The Kier molecular flexibility index (Phi) is 14.3. The Morgan fingerprint density at radius 2 is 1.88 bits per heavy atom. The molecular formula is C20H32FN3O2. The molecule has 1 rings (SSSR count). The molecule has 5 nitrogen and oxygen atoms in total. The van der Waals surface area contributed by atoms with Crippen molar-refractivity contribution in [3.63, 3.8) is 0 Å². The van der Waals surface area contributed by atoms with Crippen LogP contribution < -0.4 is 16.4 Å². The van der Waals surface area contributed by atoms with Crippen LogP contribution in [-0.4, -0.2) is 12.7 Å². The largest absolute Gasteiger partial charge is 0.450 e. The van der Waals surface area contributed by atoms with Crippen LogP contribution in [0.3, 0.4) is 0 Å². The molecule has 0 saturated carbocycles. The van der Waals surface area contributed by atoms with Crippen LogP contribution in [0.2, 0.25) is 0 Å². The number of nitrogens with one attached hydrogen (secondary N) is 2. The standard InChI is InChI=1S/C17H22FN3O2.C2H6.CH4/c1-4-16(21-17(22)23-5-2)15(19)10-12(3)20-11-13-6-8-14(18)9-7-13;1-2;/h4,6-10,20H,1,5,11,19H2,2-3H3,(H,21,22);1-2H3;1H4/b12-10+,16-15-;;. The molecule has 1 amide bonds. The quantitative estimate of drug-likeness (QED) is 0.618. The van der Waals surface area contributed by atoms with Crippen LogP contribution in [-0.2, 0) is 11.3 Å². The van der Waals surface area contributed by atoms with E-state index in [1.807, 2.05) is 20.8 Å².